The van der Waals surface area contributed by atoms with Crippen molar-refractivity contribution in [3.05, 3.63) is 58.6 Å². The molecule has 0 heterocycles. The third-order valence-corrected chi connectivity index (χ3v) is 8.35. The van der Waals surface area contributed by atoms with Crippen molar-refractivity contribution in [3.63, 3.8) is 0 Å². The molecule has 1 amide bonds. The molecule has 1 atom stereocenters. The number of carbonyl (C=O) groups is 1. The molecule has 5 nitrogen and oxygen atoms in total. The summed E-state index contributed by atoms with van der Waals surface area (Å²) in [6.45, 7) is 1.24. The highest BCUT2D eigenvalue weighted by molar-refractivity contribution is 6.31. The minimum absolute atomic E-state index is 0.000313. The van der Waals surface area contributed by atoms with Crippen molar-refractivity contribution in [2.75, 3.05) is 25.0 Å². The van der Waals surface area contributed by atoms with Crippen LogP contribution < -0.4 is 15.4 Å². The lowest BCUT2D eigenvalue weighted by Crippen LogP contribution is -2.51. The summed E-state index contributed by atoms with van der Waals surface area (Å²) in [5.74, 6) is 2.13. The number of ether oxygens (including phenoxy) is 1. The number of hydrogen-bond donors (Lipinski definition) is 3. The Labute approximate surface area is 219 Å². The number of aliphatic hydroxyl groups excluding tert-OH is 1. The summed E-state index contributed by atoms with van der Waals surface area (Å²) in [4.78, 5) is 12.9. The van der Waals surface area contributed by atoms with Crippen LogP contribution in [-0.4, -0.2) is 36.8 Å². The van der Waals surface area contributed by atoms with Gasteiger partial charge in [-0.3, -0.25) is 4.79 Å². The summed E-state index contributed by atoms with van der Waals surface area (Å²) >= 11 is 6.07. The van der Waals surface area contributed by atoms with Crippen LogP contribution in [-0.2, 0) is 6.18 Å². The number of aliphatic hydroxyl groups is 1. The second kappa shape index (κ2) is 10.5. The quantitative estimate of drug-likeness (QED) is 0.359. The molecule has 4 fully saturated rings. The summed E-state index contributed by atoms with van der Waals surface area (Å²) in [5.41, 5.74) is -0.435. The molecule has 1 unspecified atom stereocenters. The molecule has 4 saturated carbocycles. The van der Waals surface area contributed by atoms with Gasteiger partial charge in [0.25, 0.3) is 5.91 Å². The van der Waals surface area contributed by atoms with Gasteiger partial charge in [-0.1, -0.05) is 17.7 Å². The first-order chi connectivity index (χ1) is 17.6. The van der Waals surface area contributed by atoms with Crippen LogP contribution in [0.3, 0.4) is 0 Å². The van der Waals surface area contributed by atoms with E-state index < -0.39 is 23.8 Å². The van der Waals surface area contributed by atoms with Crippen LogP contribution in [0.15, 0.2) is 42.5 Å². The lowest BCUT2D eigenvalue weighted by molar-refractivity contribution is -0.137. The van der Waals surface area contributed by atoms with Gasteiger partial charge in [0.15, 0.2) is 0 Å². The molecule has 0 radical (unpaired) electrons. The normalized spacial score (nSPS) is 27.2. The van der Waals surface area contributed by atoms with Crippen molar-refractivity contribution >= 4 is 23.2 Å². The third kappa shape index (κ3) is 6.24. The number of halogens is 4. The Balaban J connectivity index is 1.15. The highest BCUT2D eigenvalue weighted by atomic mass is 35.5. The zero-order chi connectivity index (χ0) is 26.2. The van der Waals surface area contributed by atoms with E-state index in [9.17, 15) is 23.1 Å². The fourth-order valence-electron chi connectivity index (χ4n) is 7.03. The Bertz CT molecular complexity index is 1100. The van der Waals surface area contributed by atoms with Crippen molar-refractivity contribution in [1.29, 1.82) is 0 Å². The van der Waals surface area contributed by atoms with Crippen LogP contribution in [0.4, 0.5) is 18.9 Å². The third-order valence-electron chi connectivity index (χ3n) is 8.11. The topological polar surface area (TPSA) is 70.6 Å². The van der Waals surface area contributed by atoms with E-state index in [1.165, 1.54) is 62.8 Å². The van der Waals surface area contributed by atoms with Gasteiger partial charge in [0.1, 0.15) is 18.5 Å². The zero-order valence-corrected chi connectivity index (χ0v) is 21.2. The van der Waals surface area contributed by atoms with Crippen LogP contribution in [0.5, 0.6) is 5.75 Å². The maximum atomic E-state index is 13.0. The van der Waals surface area contributed by atoms with Crippen LogP contribution >= 0.6 is 11.6 Å². The van der Waals surface area contributed by atoms with Gasteiger partial charge in [-0.05, 0) is 98.1 Å². The molecule has 4 aliphatic rings. The number of hydrogen-bond acceptors (Lipinski definition) is 4. The maximum absolute atomic E-state index is 13.0. The van der Waals surface area contributed by atoms with Crippen LogP contribution in [0.25, 0.3) is 0 Å². The number of nitrogens with one attached hydrogen (secondary N) is 2. The fraction of sp³-hybridized carbons (Fsp3) is 0.536. The van der Waals surface area contributed by atoms with Gasteiger partial charge in [-0.15, -0.1) is 0 Å². The van der Waals surface area contributed by atoms with Crippen molar-refractivity contribution < 1.29 is 27.8 Å². The van der Waals surface area contributed by atoms with E-state index in [4.69, 9.17) is 16.3 Å². The number of amides is 1. The largest absolute Gasteiger partial charge is 0.490 e. The first kappa shape index (κ1) is 26.3. The predicted molar refractivity (Wildman–Crippen MR) is 136 cm³/mol. The summed E-state index contributed by atoms with van der Waals surface area (Å²) in [5, 5.41) is 16.7. The van der Waals surface area contributed by atoms with Gasteiger partial charge < -0.3 is 20.5 Å². The number of anilines is 1. The van der Waals surface area contributed by atoms with Gasteiger partial charge in [0, 0.05) is 23.8 Å². The molecule has 4 bridgehead atoms. The Morgan fingerprint density at radius 1 is 1.08 bits per heavy atom. The Morgan fingerprint density at radius 2 is 1.76 bits per heavy atom. The van der Waals surface area contributed by atoms with Gasteiger partial charge in [-0.2, -0.15) is 13.2 Å². The highest BCUT2D eigenvalue weighted by Gasteiger charge is 2.50. The first-order valence-electron chi connectivity index (χ1n) is 12.9. The van der Waals surface area contributed by atoms with Crippen molar-refractivity contribution in [1.82, 2.24) is 5.32 Å². The van der Waals surface area contributed by atoms with Crippen LogP contribution in [0.2, 0.25) is 5.02 Å². The number of rotatable bonds is 9. The average Bonchev–Trinajstić information content (AvgIpc) is 2.82. The molecular formula is C28H32ClF3N2O3. The number of alkyl halides is 3. The second-order valence-electron chi connectivity index (χ2n) is 11.2. The first-order valence-corrected chi connectivity index (χ1v) is 13.3. The summed E-state index contributed by atoms with van der Waals surface area (Å²) in [6, 6.07) is 8.84. The lowest BCUT2D eigenvalue weighted by atomic mass is 9.49. The molecule has 0 aliphatic heterocycles. The minimum atomic E-state index is -4.52. The van der Waals surface area contributed by atoms with E-state index in [-0.39, 0.29) is 28.6 Å². The minimum Gasteiger partial charge on any atom is -0.490 e. The maximum Gasteiger partial charge on any atom is 0.416 e. The molecule has 2 aromatic rings. The number of benzene rings is 2. The summed E-state index contributed by atoms with van der Waals surface area (Å²) < 4.78 is 44.8. The molecule has 0 spiro atoms. The molecule has 3 N–H and O–H groups in total. The Morgan fingerprint density at radius 3 is 2.41 bits per heavy atom. The van der Waals surface area contributed by atoms with E-state index in [0.717, 1.165) is 36.4 Å². The summed E-state index contributed by atoms with van der Waals surface area (Å²) in [7, 11) is 0. The summed E-state index contributed by atoms with van der Waals surface area (Å²) in [6.07, 6.45) is 2.71. The van der Waals surface area contributed by atoms with E-state index in [0.29, 0.717) is 12.0 Å². The molecule has 9 heteroatoms. The van der Waals surface area contributed by atoms with E-state index in [1.54, 1.807) is 6.07 Å². The monoisotopic (exact) mass is 536 g/mol. The predicted octanol–water partition coefficient (Wildman–Crippen LogP) is 6.16. The van der Waals surface area contributed by atoms with Crippen LogP contribution in [0.1, 0.15) is 54.4 Å². The molecule has 6 rings (SSSR count). The smallest absolute Gasteiger partial charge is 0.416 e. The second-order valence-corrected chi connectivity index (χ2v) is 11.6. The van der Waals surface area contributed by atoms with Gasteiger partial charge in [0.2, 0.25) is 0 Å². The molecular weight excluding hydrogens is 505 g/mol. The highest BCUT2D eigenvalue weighted by Crippen LogP contribution is 2.59. The zero-order valence-electron chi connectivity index (χ0n) is 20.5. The van der Waals surface area contributed by atoms with E-state index in [2.05, 4.69) is 10.6 Å². The molecule has 0 saturated heterocycles. The van der Waals surface area contributed by atoms with Crippen molar-refractivity contribution in [2.45, 2.75) is 50.8 Å². The van der Waals surface area contributed by atoms with Gasteiger partial charge in [0.05, 0.1) is 11.1 Å². The van der Waals surface area contributed by atoms with Crippen LogP contribution in [0, 0.1) is 23.2 Å². The molecule has 2 aromatic carbocycles. The SMILES string of the molecule is O=C(Nc1cccc(C(F)(F)F)c1)c1cc(Cl)ccc1OCC(O)CNCC12CC3CC(CC(C3)C1)C2. The Hall–Kier alpha value is -2.29. The van der Waals surface area contributed by atoms with Gasteiger partial charge in [-0.25, -0.2) is 0 Å². The van der Waals surface area contributed by atoms with Gasteiger partial charge >= 0.3 is 6.18 Å². The van der Waals surface area contributed by atoms with Crippen molar-refractivity contribution in [2.24, 2.45) is 23.2 Å². The van der Waals surface area contributed by atoms with E-state index >= 15 is 0 Å². The fourth-order valence-corrected chi connectivity index (χ4v) is 7.20. The van der Waals surface area contributed by atoms with Crippen molar-refractivity contribution in [3.8, 4) is 5.75 Å². The molecule has 4 aliphatic carbocycles. The molecule has 0 aromatic heterocycles. The lowest BCUT2D eigenvalue weighted by Gasteiger charge is -2.57. The number of carbonyl (C=O) groups excluding carboxylic acids is 1. The molecule has 37 heavy (non-hydrogen) atoms. The standard InChI is InChI=1S/C28H32ClF3N2O3/c29-21-4-5-25(24(10-21)26(36)34-22-3-1-2-20(9-22)28(30,31)32)37-15-23(35)14-33-16-27-11-17-6-18(12-27)8-19(7-17)13-27/h1-5,9-10,17-19,23,33,35H,6-8,11-16H2,(H,34,36). The average molecular weight is 537 g/mol. The Kier molecular flexibility index (Phi) is 7.44. The van der Waals surface area contributed by atoms with E-state index in [1.807, 2.05) is 0 Å². The molecule has 200 valence electrons.